The van der Waals surface area contributed by atoms with Crippen molar-refractivity contribution in [1.29, 1.82) is 0 Å². The second-order valence-electron chi connectivity index (χ2n) is 4.19. The molecule has 0 fully saturated rings. The quantitative estimate of drug-likeness (QED) is 0.584. The van der Waals surface area contributed by atoms with Gasteiger partial charge in [0.1, 0.15) is 5.82 Å². The lowest BCUT2D eigenvalue weighted by Crippen LogP contribution is -2.03. The lowest BCUT2D eigenvalue weighted by atomic mass is 10.1. The zero-order valence-corrected chi connectivity index (χ0v) is 12.7. The summed E-state index contributed by atoms with van der Waals surface area (Å²) in [5.41, 5.74) is 1.19. The molecule has 19 heavy (non-hydrogen) atoms. The van der Waals surface area contributed by atoms with Gasteiger partial charge in [-0.15, -0.1) is 11.8 Å². The minimum absolute atomic E-state index is 0.0624. The van der Waals surface area contributed by atoms with Gasteiger partial charge in [0.2, 0.25) is 0 Å². The Kier molecular flexibility index (Phi) is 4.77. The molecule has 2 aromatic rings. The van der Waals surface area contributed by atoms with E-state index in [1.165, 1.54) is 23.9 Å². The van der Waals surface area contributed by atoms with Crippen LogP contribution in [0.5, 0.6) is 0 Å². The Labute approximate surface area is 124 Å². The molecule has 0 aliphatic rings. The Bertz CT molecular complexity index is 593. The van der Waals surface area contributed by atoms with Gasteiger partial charge in [-0.2, -0.15) is 0 Å². The third-order valence-electron chi connectivity index (χ3n) is 2.53. The molecule has 0 heterocycles. The van der Waals surface area contributed by atoms with Crippen molar-refractivity contribution in [3.8, 4) is 0 Å². The van der Waals surface area contributed by atoms with Crippen molar-refractivity contribution >= 4 is 33.5 Å². The van der Waals surface area contributed by atoms with Crippen LogP contribution in [-0.4, -0.2) is 11.5 Å². The fourth-order valence-corrected chi connectivity index (χ4v) is 3.09. The van der Waals surface area contributed by atoms with Gasteiger partial charge in [0.15, 0.2) is 5.78 Å². The van der Waals surface area contributed by atoms with E-state index in [-0.39, 0.29) is 11.6 Å². The first-order valence-electron chi connectivity index (χ1n) is 5.73. The molecular formula is C15H12BrFOS. The normalized spacial score (nSPS) is 10.5. The summed E-state index contributed by atoms with van der Waals surface area (Å²) in [5, 5.41) is 0. The predicted octanol–water partition coefficient (Wildman–Crippen LogP) is 4.87. The Hall–Kier alpha value is -1.13. The third kappa shape index (κ3) is 4.18. The SMILES string of the molecule is Cc1cc(F)cc(C(=O)CSc2cccc(Br)c2)c1. The van der Waals surface area contributed by atoms with E-state index in [1.54, 1.807) is 13.0 Å². The van der Waals surface area contributed by atoms with Crippen molar-refractivity contribution < 1.29 is 9.18 Å². The molecule has 0 spiro atoms. The van der Waals surface area contributed by atoms with Gasteiger partial charge in [0.25, 0.3) is 0 Å². The minimum Gasteiger partial charge on any atom is -0.293 e. The van der Waals surface area contributed by atoms with Crippen LogP contribution < -0.4 is 0 Å². The maximum atomic E-state index is 13.2. The molecular weight excluding hydrogens is 327 g/mol. The molecule has 2 rings (SSSR count). The van der Waals surface area contributed by atoms with E-state index in [4.69, 9.17) is 0 Å². The maximum absolute atomic E-state index is 13.2. The molecule has 2 aromatic carbocycles. The van der Waals surface area contributed by atoms with Crippen LogP contribution in [-0.2, 0) is 0 Å². The van der Waals surface area contributed by atoms with Crippen LogP contribution in [0.1, 0.15) is 15.9 Å². The van der Waals surface area contributed by atoms with E-state index >= 15 is 0 Å². The fourth-order valence-electron chi connectivity index (χ4n) is 1.69. The van der Waals surface area contributed by atoms with Gasteiger partial charge in [0.05, 0.1) is 5.75 Å². The third-order valence-corrected chi connectivity index (χ3v) is 4.02. The molecule has 0 aliphatic heterocycles. The van der Waals surface area contributed by atoms with Gasteiger partial charge in [0, 0.05) is 14.9 Å². The number of hydrogen-bond acceptors (Lipinski definition) is 2. The molecule has 0 saturated carbocycles. The Morgan fingerprint density at radius 1 is 1.26 bits per heavy atom. The molecule has 1 nitrogen and oxygen atoms in total. The van der Waals surface area contributed by atoms with E-state index in [0.29, 0.717) is 11.3 Å². The number of rotatable bonds is 4. The molecule has 0 unspecified atom stereocenters. The number of halogens is 2. The highest BCUT2D eigenvalue weighted by Crippen LogP contribution is 2.23. The first kappa shape index (κ1) is 14.3. The molecule has 98 valence electrons. The molecule has 0 aliphatic carbocycles. The van der Waals surface area contributed by atoms with Gasteiger partial charge in [-0.1, -0.05) is 22.0 Å². The number of carbonyl (C=O) groups is 1. The van der Waals surface area contributed by atoms with Crippen LogP contribution >= 0.6 is 27.7 Å². The molecule has 0 bridgehead atoms. The molecule has 4 heteroatoms. The largest absolute Gasteiger partial charge is 0.293 e. The summed E-state index contributed by atoms with van der Waals surface area (Å²) in [4.78, 5) is 13.0. The highest BCUT2D eigenvalue weighted by molar-refractivity contribution is 9.10. The summed E-state index contributed by atoms with van der Waals surface area (Å²) in [6.45, 7) is 1.78. The number of benzene rings is 2. The van der Waals surface area contributed by atoms with Gasteiger partial charge >= 0.3 is 0 Å². The van der Waals surface area contributed by atoms with Gasteiger partial charge < -0.3 is 0 Å². The lowest BCUT2D eigenvalue weighted by Gasteiger charge is -2.04. The molecule has 0 N–H and O–H groups in total. The van der Waals surface area contributed by atoms with Crippen molar-refractivity contribution in [2.75, 3.05) is 5.75 Å². The lowest BCUT2D eigenvalue weighted by molar-refractivity contribution is 0.102. The molecule has 0 atom stereocenters. The van der Waals surface area contributed by atoms with Crippen LogP contribution in [0.25, 0.3) is 0 Å². The van der Waals surface area contributed by atoms with Crippen molar-refractivity contribution in [3.05, 3.63) is 63.9 Å². The predicted molar refractivity (Wildman–Crippen MR) is 80.3 cm³/mol. The summed E-state index contributed by atoms with van der Waals surface area (Å²) in [6.07, 6.45) is 0. The van der Waals surface area contributed by atoms with Gasteiger partial charge in [-0.05, 0) is 48.9 Å². The smallest absolute Gasteiger partial charge is 0.173 e. The van der Waals surface area contributed by atoms with Crippen molar-refractivity contribution in [1.82, 2.24) is 0 Å². The van der Waals surface area contributed by atoms with Gasteiger partial charge in [-0.25, -0.2) is 4.39 Å². The highest BCUT2D eigenvalue weighted by Gasteiger charge is 2.09. The molecule has 0 amide bonds. The van der Waals surface area contributed by atoms with E-state index in [9.17, 15) is 9.18 Å². The summed E-state index contributed by atoms with van der Waals surface area (Å²) in [6, 6.07) is 12.2. The Morgan fingerprint density at radius 3 is 2.74 bits per heavy atom. The monoisotopic (exact) mass is 338 g/mol. The summed E-state index contributed by atoms with van der Waals surface area (Å²) in [7, 11) is 0. The topological polar surface area (TPSA) is 17.1 Å². The summed E-state index contributed by atoms with van der Waals surface area (Å²) in [5.74, 6) is -0.123. The van der Waals surface area contributed by atoms with E-state index in [1.807, 2.05) is 24.3 Å². The van der Waals surface area contributed by atoms with E-state index in [0.717, 1.165) is 14.9 Å². The van der Waals surface area contributed by atoms with Crippen LogP contribution in [0, 0.1) is 12.7 Å². The number of ketones is 1. The van der Waals surface area contributed by atoms with Crippen molar-refractivity contribution in [2.45, 2.75) is 11.8 Å². The number of hydrogen-bond donors (Lipinski definition) is 0. The van der Waals surface area contributed by atoms with Crippen LogP contribution in [0.4, 0.5) is 4.39 Å². The first-order valence-corrected chi connectivity index (χ1v) is 7.51. The van der Waals surface area contributed by atoms with Gasteiger partial charge in [-0.3, -0.25) is 4.79 Å². The zero-order valence-electron chi connectivity index (χ0n) is 10.3. The second kappa shape index (κ2) is 6.35. The number of thioether (sulfide) groups is 1. The van der Waals surface area contributed by atoms with Crippen LogP contribution in [0.2, 0.25) is 0 Å². The van der Waals surface area contributed by atoms with E-state index < -0.39 is 0 Å². The Morgan fingerprint density at radius 2 is 2.05 bits per heavy atom. The average molecular weight is 339 g/mol. The summed E-state index contributed by atoms with van der Waals surface area (Å²) >= 11 is 4.83. The minimum atomic E-state index is -0.365. The fraction of sp³-hybridized carbons (Fsp3) is 0.133. The maximum Gasteiger partial charge on any atom is 0.173 e. The number of carbonyl (C=O) groups excluding carboxylic acids is 1. The Balaban J connectivity index is 2.05. The van der Waals surface area contributed by atoms with Crippen molar-refractivity contribution in [3.63, 3.8) is 0 Å². The standard InChI is InChI=1S/C15H12BrFOS/c1-10-5-11(7-13(17)6-10)15(18)9-19-14-4-2-3-12(16)8-14/h2-8H,9H2,1H3. The summed E-state index contributed by atoms with van der Waals surface area (Å²) < 4.78 is 14.2. The molecule has 0 aromatic heterocycles. The highest BCUT2D eigenvalue weighted by atomic mass is 79.9. The van der Waals surface area contributed by atoms with Crippen LogP contribution in [0.15, 0.2) is 51.8 Å². The molecule has 0 saturated heterocycles. The van der Waals surface area contributed by atoms with Crippen molar-refractivity contribution in [2.24, 2.45) is 0 Å². The van der Waals surface area contributed by atoms with E-state index in [2.05, 4.69) is 15.9 Å². The number of Topliss-reactive ketones (excluding diaryl/α,β-unsaturated/α-hetero) is 1. The first-order chi connectivity index (χ1) is 9.04. The average Bonchev–Trinajstić information content (AvgIpc) is 2.35. The number of aryl methyl sites for hydroxylation is 1. The van der Waals surface area contributed by atoms with Crippen LogP contribution in [0.3, 0.4) is 0 Å². The second-order valence-corrected chi connectivity index (χ2v) is 6.15. The zero-order chi connectivity index (χ0) is 13.8. The molecule has 0 radical (unpaired) electrons.